The lowest BCUT2D eigenvalue weighted by Crippen LogP contribution is -2.23. The maximum absolute atomic E-state index is 13.3. The smallest absolute Gasteiger partial charge is 0.274 e. The molecule has 0 saturated heterocycles. The Bertz CT molecular complexity index is 1500. The first kappa shape index (κ1) is 23.5. The molecule has 1 N–H and O–H groups in total. The Morgan fingerprint density at radius 2 is 1.91 bits per heavy atom. The number of benzene rings is 3. The Morgan fingerprint density at radius 3 is 2.65 bits per heavy atom. The van der Waals surface area contributed by atoms with Crippen molar-refractivity contribution in [2.24, 2.45) is 0 Å². The average molecular weight is 495 g/mol. The number of anilines is 1. The third-order valence-electron chi connectivity index (χ3n) is 5.27. The summed E-state index contributed by atoms with van der Waals surface area (Å²) in [5, 5.41) is 15.1. The molecule has 0 unspecified atom stereocenters. The Morgan fingerprint density at radius 1 is 1.15 bits per heavy atom. The van der Waals surface area contributed by atoms with Crippen LogP contribution >= 0.6 is 23.4 Å². The van der Waals surface area contributed by atoms with Gasteiger partial charge in [-0.25, -0.2) is 4.98 Å². The minimum Gasteiger partial charge on any atom is -0.325 e. The molecule has 3 aromatic carbocycles. The Hall–Kier alpha value is -3.69. The first-order valence-electron chi connectivity index (χ1n) is 10.2. The van der Waals surface area contributed by atoms with E-state index in [4.69, 9.17) is 11.6 Å². The third kappa shape index (κ3) is 4.66. The predicted molar refractivity (Wildman–Crippen MR) is 134 cm³/mol. The van der Waals surface area contributed by atoms with Gasteiger partial charge in [0.2, 0.25) is 5.91 Å². The fraction of sp³-hybridized carbons (Fsp3) is 0.125. The molecule has 0 aliphatic rings. The van der Waals surface area contributed by atoms with E-state index in [9.17, 15) is 19.7 Å². The van der Waals surface area contributed by atoms with Crippen molar-refractivity contribution in [2.45, 2.75) is 19.0 Å². The van der Waals surface area contributed by atoms with Gasteiger partial charge in [0.25, 0.3) is 11.2 Å². The molecule has 34 heavy (non-hydrogen) atoms. The number of nitro benzene ring substituents is 1. The van der Waals surface area contributed by atoms with Crippen molar-refractivity contribution < 1.29 is 9.72 Å². The largest absolute Gasteiger partial charge is 0.325 e. The number of nitrogens with one attached hydrogen (secondary N) is 1. The van der Waals surface area contributed by atoms with Crippen LogP contribution in [0, 0.1) is 24.0 Å². The Labute approximate surface area is 203 Å². The number of carbonyl (C=O) groups excluding carboxylic acids is 1. The molecule has 1 heterocycles. The van der Waals surface area contributed by atoms with Gasteiger partial charge in [-0.05, 0) is 49.7 Å². The third-order valence-corrected chi connectivity index (χ3v) is 6.61. The monoisotopic (exact) mass is 494 g/mol. The molecule has 8 nitrogen and oxygen atoms in total. The van der Waals surface area contributed by atoms with Crippen LogP contribution in [-0.4, -0.2) is 26.1 Å². The summed E-state index contributed by atoms with van der Waals surface area (Å²) in [6, 6.07) is 16.7. The Kier molecular flexibility index (Phi) is 6.67. The molecular formula is C24H19ClN4O4S. The van der Waals surface area contributed by atoms with Crippen LogP contribution < -0.4 is 10.9 Å². The van der Waals surface area contributed by atoms with Crippen LogP contribution in [0.5, 0.6) is 0 Å². The number of amides is 1. The zero-order valence-corrected chi connectivity index (χ0v) is 19.8. The van der Waals surface area contributed by atoms with Gasteiger partial charge in [0.05, 0.1) is 38.5 Å². The standard InChI is InChI=1S/C24H19ClN4O4S/c1-14-10-11-16(12-18(14)25)28-23(31)17-6-3-4-7-20(17)27-24(28)34-13-22(30)26-19-8-5-9-21(15(19)2)29(32)33/h3-12H,13H2,1-2H3,(H,26,30). The van der Waals surface area contributed by atoms with Crippen LogP contribution in [0.1, 0.15) is 11.1 Å². The molecule has 1 aromatic heterocycles. The van der Waals surface area contributed by atoms with Gasteiger partial charge in [-0.15, -0.1) is 0 Å². The number of halogens is 1. The number of hydrogen-bond acceptors (Lipinski definition) is 6. The van der Waals surface area contributed by atoms with Crippen LogP contribution in [0.2, 0.25) is 5.02 Å². The van der Waals surface area contributed by atoms with Crippen molar-refractivity contribution in [3.63, 3.8) is 0 Å². The topological polar surface area (TPSA) is 107 Å². The number of carbonyl (C=O) groups is 1. The van der Waals surface area contributed by atoms with E-state index in [0.717, 1.165) is 17.3 Å². The lowest BCUT2D eigenvalue weighted by molar-refractivity contribution is -0.385. The van der Waals surface area contributed by atoms with E-state index < -0.39 is 4.92 Å². The van der Waals surface area contributed by atoms with E-state index in [1.165, 1.54) is 16.7 Å². The van der Waals surface area contributed by atoms with Gasteiger partial charge < -0.3 is 5.32 Å². The minimum absolute atomic E-state index is 0.0630. The number of rotatable bonds is 6. The average Bonchev–Trinajstić information content (AvgIpc) is 2.81. The van der Waals surface area contributed by atoms with E-state index in [2.05, 4.69) is 10.3 Å². The van der Waals surface area contributed by atoms with E-state index in [0.29, 0.717) is 38.0 Å². The number of aryl methyl sites for hydroxylation is 1. The van der Waals surface area contributed by atoms with Crippen molar-refractivity contribution in [2.75, 3.05) is 11.1 Å². The molecule has 0 bridgehead atoms. The maximum atomic E-state index is 13.3. The summed E-state index contributed by atoms with van der Waals surface area (Å²) in [6.45, 7) is 3.44. The second-order valence-corrected chi connectivity index (χ2v) is 8.88. The van der Waals surface area contributed by atoms with Crippen molar-refractivity contribution in [1.82, 2.24) is 9.55 Å². The van der Waals surface area contributed by atoms with Gasteiger partial charge >= 0.3 is 0 Å². The van der Waals surface area contributed by atoms with Crippen LogP contribution in [-0.2, 0) is 4.79 Å². The molecule has 0 fully saturated rings. The quantitative estimate of drug-likeness (QED) is 0.169. The number of nitro groups is 1. The summed E-state index contributed by atoms with van der Waals surface area (Å²) in [5.41, 5.74) is 2.29. The van der Waals surface area contributed by atoms with Gasteiger partial charge in [0.1, 0.15) is 0 Å². The molecule has 0 aliphatic heterocycles. The second kappa shape index (κ2) is 9.66. The van der Waals surface area contributed by atoms with Crippen molar-refractivity contribution in [3.05, 3.63) is 97.3 Å². The lowest BCUT2D eigenvalue weighted by Gasteiger charge is -2.14. The van der Waals surface area contributed by atoms with Gasteiger partial charge in [-0.1, -0.05) is 47.6 Å². The number of nitrogens with zero attached hydrogens (tertiary/aromatic N) is 3. The van der Waals surface area contributed by atoms with Crippen molar-refractivity contribution in [1.29, 1.82) is 0 Å². The highest BCUT2D eigenvalue weighted by molar-refractivity contribution is 7.99. The van der Waals surface area contributed by atoms with Crippen LogP contribution in [0.3, 0.4) is 0 Å². The number of thioether (sulfide) groups is 1. The number of fused-ring (bicyclic) bond motifs is 1. The minimum atomic E-state index is -0.496. The van der Waals surface area contributed by atoms with E-state index in [1.807, 2.05) is 13.0 Å². The molecule has 10 heteroatoms. The summed E-state index contributed by atoms with van der Waals surface area (Å²) >= 11 is 7.39. The van der Waals surface area contributed by atoms with E-state index in [1.54, 1.807) is 49.4 Å². The van der Waals surface area contributed by atoms with Gasteiger partial charge in [0.15, 0.2) is 5.16 Å². The van der Waals surface area contributed by atoms with Gasteiger partial charge in [0, 0.05) is 11.1 Å². The molecule has 4 rings (SSSR count). The summed E-state index contributed by atoms with van der Waals surface area (Å²) < 4.78 is 1.43. The summed E-state index contributed by atoms with van der Waals surface area (Å²) in [5.74, 6) is -0.448. The second-order valence-electron chi connectivity index (χ2n) is 7.53. The zero-order valence-electron chi connectivity index (χ0n) is 18.2. The summed E-state index contributed by atoms with van der Waals surface area (Å²) in [4.78, 5) is 41.3. The molecule has 0 spiro atoms. The first-order valence-corrected chi connectivity index (χ1v) is 11.6. The van der Waals surface area contributed by atoms with Gasteiger partial charge in [-0.2, -0.15) is 0 Å². The predicted octanol–water partition coefficient (Wildman–Crippen LogP) is 5.29. The Balaban J connectivity index is 1.67. The van der Waals surface area contributed by atoms with Crippen molar-refractivity contribution >= 4 is 51.5 Å². The molecule has 1 amide bonds. The first-order chi connectivity index (χ1) is 16.3. The highest BCUT2D eigenvalue weighted by Crippen LogP contribution is 2.27. The van der Waals surface area contributed by atoms with E-state index in [-0.39, 0.29) is 22.9 Å². The molecule has 0 atom stereocenters. The van der Waals surface area contributed by atoms with E-state index >= 15 is 0 Å². The van der Waals surface area contributed by atoms with Crippen LogP contribution in [0.4, 0.5) is 11.4 Å². The van der Waals surface area contributed by atoms with Crippen LogP contribution in [0.25, 0.3) is 16.6 Å². The SMILES string of the molecule is Cc1ccc(-n2c(SCC(=O)Nc3cccc([N+](=O)[O-])c3C)nc3ccccc3c2=O)cc1Cl. The summed E-state index contributed by atoms with van der Waals surface area (Å²) in [7, 11) is 0. The fourth-order valence-electron chi connectivity index (χ4n) is 3.43. The highest BCUT2D eigenvalue weighted by Gasteiger charge is 2.18. The van der Waals surface area contributed by atoms with Crippen molar-refractivity contribution in [3.8, 4) is 5.69 Å². The highest BCUT2D eigenvalue weighted by atomic mass is 35.5. The molecule has 4 aromatic rings. The molecule has 0 aliphatic carbocycles. The molecule has 0 radical (unpaired) electrons. The lowest BCUT2D eigenvalue weighted by atomic mass is 10.1. The van der Waals surface area contributed by atoms with Gasteiger partial charge in [-0.3, -0.25) is 24.3 Å². The zero-order chi connectivity index (χ0) is 24.4. The molecular weight excluding hydrogens is 476 g/mol. The summed E-state index contributed by atoms with van der Waals surface area (Å²) in [6.07, 6.45) is 0. The number of aromatic nitrogens is 2. The molecule has 172 valence electrons. The normalized spacial score (nSPS) is 10.9. The fourth-order valence-corrected chi connectivity index (χ4v) is 4.42. The molecule has 0 saturated carbocycles. The number of para-hydroxylation sites is 1. The number of hydrogen-bond donors (Lipinski definition) is 1. The van der Waals surface area contributed by atoms with Crippen LogP contribution in [0.15, 0.2) is 70.6 Å². The maximum Gasteiger partial charge on any atom is 0.274 e.